The van der Waals surface area contributed by atoms with Crippen LogP contribution in [0.15, 0.2) is 0 Å². The number of hydrogen-bond donors (Lipinski definition) is 1. The highest BCUT2D eigenvalue weighted by Gasteiger charge is 2.43. The largest absolute Gasteiger partial charge is 0.465 e. The molecule has 3 rings (SSSR count). The molecule has 1 aromatic rings. The summed E-state index contributed by atoms with van der Waals surface area (Å²) in [7, 11) is 2.09. The van der Waals surface area contributed by atoms with Gasteiger partial charge in [-0.1, -0.05) is 11.6 Å². The number of halogens is 1. The zero-order chi connectivity index (χ0) is 21.2. The van der Waals surface area contributed by atoms with Crippen molar-refractivity contribution in [1.29, 1.82) is 0 Å². The van der Waals surface area contributed by atoms with Gasteiger partial charge in [-0.15, -0.1) is 0 Å². The molecule has 1 aromatic heterocycles. The summed E-state index contributed by atoms with van der Waals surface area (Å²) >= 11 is 6.48. The Balaban J connectivity index is 1.79. The number of hydrogen-bond acceptors (Lipinski definition) is 8. The monoisotopic (exact) mass is 424 g/mol. The molecule has 0 saturated carbocycles. The van der Waals surface area contributed by atoms with Gasteiger partial charge >= 0.3 is 5.97 Å². The van der Waals surface area contributed by atoms with Crippen LogP contribution >= 0.6 is 11.6 Å². The van der Waals surface area contributed by atoms with Crippen molar-refractivity contribution < 1.29 is 14.3 Å². The number of carbonyl (C=O) groups excluding carboxylic acids is 2. The van der Waals surface area contributed by atoms with Crippen molar-refractivity contribution in [3.8, 4) is 0 Å². The lowest BCUT2D eigenvalue weighted by Gasteiger charge is -2.49. The number of carbonyl (C=O) groups is 2. The van der Waals surface area contributed by atoms with E-state index in [2.05, 4.69) is 26.8 Å². The highest BCUT2D eigenvalue weighted by Crippen LogP contribution is 2.36. The maximum Gasteiger partial charge on any atom is 0.325 e. The van der Waals surface area contributed by atoms with E-state index in [9.17, 15) is 9.59 Å². The molecule has 0 bridgehead atoms. The van der Waals surface area contributed by atoms with Gasteiger partial charge in [-0.05, 0) is 33.7 Å². The molecule has 2 N–H and O–H groups in total. The fraction of sp³-hybridized carbons (Fsp3) is 0.684. The van der Waals surface area contributed by atoms with E-state index < -0.39 is 0 Å². The summed E-state index contributed by atoms with van der Waals surface area (Å²) in [6.07, 6.45) is 1.84. The lowest BCUT2D eigenvalue weighted by atomic mass is 9.86. The first-order valence-corrected chi connectivity index (χ1v) is 10.3. The summed E-state index contributed by atoms with van der Waals surface area (Å²) in [5.74, 6) is 0.462. The van der Waals surface area contributed by atoms with Crippen LogP contribution in [-0.4, -0.2) is 83.6 Å². The van der Waals surface area contributed by atoms with Gasteiger partial charge in [0.2, 0.25) is 11.9 Å². The van der Waals surface area contributed by atoms with Crippen LogP contribution in [0, 0.1) is 6.92 Å². The highest BCUT2D eigenvalue weighted by atomic mass is 35.5. The lowest BCUT2D eigenvalue weighted by Crippen LogP contribution is -2.61. The van der Waals surface area contributed by atoms with E-state index in [4.69, 9.17) is 22.1 Å². The fourth-order valence-corrected chi connectivity index (χ4v) is 4.38. The van der Waals surface area contributed by atoms with Crippen LogP contribution in [0.3, 0.4) is 0 Å². The number of nitrogens with two attached hydrogens (primary N) is 1. The van der Waals surface area contributed by atoms with Crippen molar-refractivity contribution in [3.63, 3.8) is 0 Å². The van der Waals surface area contributed by atoms with Gasteiger partial charge in [-0.25, -0.2) is 4.98 Å². The van der Waals surface area contributed by atoms with Gasteiger partial charge in [-0.3, -0.25) is 14.5 Å². The van der Waals surface area contributed by atoms with Gasteiger partial charge in [0, 0.05) is 38.1 Å². The van der Waals surface area contributed by atoms with Crippen molar-refractivity contribution in [2.75, 3.05) is 57.0 Å². The molecule has 1 spiro atoms. The smallest absolute Gasteiger partial charge is 0.325 e. The van der Waals surface area contributed by atoms with E-state index in [-0.39, 0.29) is 29.9 Å². The van der Waals surface area contributed by atoms with Crippen LogP contribution < -0.4 is 10.6 Å². The third-order valence-corrected chi connectivity index (χ3v) is 6.39. The van der Waals surface area contributed by atoms with Gasteiger partial charge in [0.15, 0.2) is 5.82 Å². The number of aromatic nitrogens is 2. The summed E-state index contributed by atoms with van der Waals surface area (Å²) < 4.78 is 5.01. The van der Waals surface area contributed by atoms with Crippen molar-refractivity contribution in [1.82, 2.24) is 19.8 Å². The summed E-state index contributed by atoms with van der Waals surface area (Å²) in [6.45, 7) is 6.64. The number of ether oxygens (including phenoxy) is 1. The van der Waals surface area contributed by atoms with Gasteiger partial charge in [0.25, 0.3) is 0 Å². The van der Waals surface area contributed by atoms with Gasteiger partial charge in [0.1, 0.15) is 11.6 Å². The van der Waals surface area contributed by atoms with Crippen LogP contribution in [0.5, 0.6) is 0 Å². The number of likely N-dealkylation sites (N-methyl/N-ethyl adjacent to an activating group) is 1. The number of esters is 1. The number of nitrogens with zero attached hydrogens (tertiary/aromatic N) is 5. The number of nitrogen functional groups attached to an aromatic ring is 1. The lowest BCUT2D eigenvalue weighted by molar-refractivity contribution is -0.148. The van der Waals surface area contributed by atoms with E-state index in [0.29, 0.717) is 49.1 Å². The Bertz CT molecular complexity index is 791. The predicted molar refractivity (Wildman–Crippen MR) is 111 cm³/mol. The summed E-state index contributed by atoms with van der Waals surface area (Å²) in [4.78, 5) is 39.0. The molecule has 10 heteroatoms. The maximum atomic E-state index is 12.6. The molecule has 1 atom stereocenters. The summed E-state index contributed by atoms with van der Waals surface area (Å²) in [5.41, 5.74) is 6.29. The van der Waals surface area contributed by atoms with Crippen LogP contribution in [0.4, 0.5) is 11.8 Å². The van der Waals surface area contributed by atoms with Crippen LogP contribution in [0.25, 0.3) is 0 Å². The summed E-state index contributed by atoms with van der Waals surface area (Å²) in [6, 6.07) is 0. The molecule has 2 aliphatic rings. The van der Waals surface area contributed by atoms with Crippen molar-refractivity contribution in [2.45, 2.75) is 38.6 Å². The third-order valence-electron chi connectivity index (χ3n) is 5.95. The first kappa shape index (κ1) is 21.6. The standard InChI is InChI=1S/C19H29ClN6O3/c1-4-29-15(28)11-25-8-7-19(6-5-14(25)27)12-26(10-9-24(19)3)17-16(20)13(2)22-18(21)23-17/h4-12H2,1-3H3,(H2,21,22,23). The van der Waals surface area contributed by atoms with Gasteiger partial charge in [-0.2, -0.15) is 4.98 Å². The normalized spacial score (nSPS) is 23.4. The second-order valence-corrected chi connectivity index (χ2v) is 8.12. The van der Waals surface area contributed by atoms with Gasteiger partial charge < -0.3 is 20.3 Å². The van der Waals surface area contributed by atoms with E-state index in [1.807, 2.05) is 6.92 Å². The van der Waals surface area contributed by atoms with Crippen LogP contribution in [0.1, 0.15) is 31.9 Å². The van der Waals surface area contributed by atoms with Gasteiger partial charge in [0.05, 0.1) is 12.3 Å². The molecule has 1 amide bonds. The molecule has 3 heterocycles. The number of rotatable bonds is 4. The Hall–Kier alpha value is -2.13. The molecular formula is C19H29ClN6O3. The average Bonchev–Trinajstić information content (AvgIpc) is 2.82. The minimum atomic E-state index is -0.367. The topological polar surface area (TPSA) is 105 Å². The Kier molecular flexibility index (Phi) is 6.48. The molecule has 0 radical (unpaired) electrons. The maximum absolute atomic E-state index is 12.6. The number of amides is 1. The molecule has 160 valence electrons. The molecule has 2 aliphatic heterocycles. The molecule has 0 aliphatic carbocycles. The Morgan fingerprint density at radius 2 is 2.03 bits per heavy atom. The SMILES string of the molecule is CCOC(=O)CN1CCC2(CCC1=O)CN(c1nc(N)nc(C)c1Cl)CCN2C. The first-order valence-electron chi connectivity index (χ1n) is 9.95. The molecule has 9 nitrogen and oxygen atoms in total. The van der Waals surface area contributed by atoms with Crippen molar-refractivity contribution >= 4 is 35.2 Å². The van der Waals surface area contributed by atoms with E-state index in [1.54, 1.807) is 11.8 Å². The highest BCUT2D eigenvalue weighted by molar-refractivity contribution is 6.33. The summed E-state index contributed by atoms with van der Waals surface area (Å²) in [5, 5.41) is 0.507. The minimum absolute atomic E-state index is 0.00362. The second-order valence-electron chi connectivity index (χ2n) is 7.74. The Labute approximate surface area is 176 Å². The quantitative estimate of drug-likeness (QED) is 0.716. The zero-order valence-electron chi connectivity index (χ0n) is 17.3. The second kappa shape index (κ2) is 8.71. The Morgan fingerprint density at radius 1 is 1.28 bits per heavy atom. The molecule has 0 aromatic carbocycles. The molecule has 1 unspecified atom stereocenters. The van der Waals surface area contributed by atoms with E-state index in [1.165, 1.54) is 0 Å². The van der Waals surface area contributed by atoms with Crippen LogP contribution in [0.2, 0.25) is 5.02 Å². The van der Waals surface area contributed by atoms with E-state index >= 15 is 0 Å². The number of anilines is 2. The number of likely N-dealkylation sites (tertiary alicyclic amines) is 1. The zero-order valence-corrected chi connectivity index (χ0v) is 18.0. The molecule has 2 saturated heterocycles. The minimum Gasteiger partial charge on any atom is -0.465 e. The molecule has 2 fully saturated rings. The molecular weight excluding hydrogens is 396 g/mol. The number of aryl methyl sites for hydroxylation is 1. The van der Waals surface area contributed by atoms with Crippen LogP contribution in [-0.2, 0) is 14.3 Å². The first-order chi connectivity index (χ1) is 13.8. The molecule has 29 heavy (non-hydrogen) atoms. The third kappa shape index (κ3) is 4.56. The average molecular weight is 425 g/mol. The Morgan fingerprint density at radius 3 is 2.76 bits per heavy atom. The number of piperazine rings is 1. The predicted octanol–water partition coefficient (Wildman–Crippen LogP) is 1.09. The fourth-order valence-electron chi connectivity index (χ4n) is 4.18. The van der Waals surface area contributed by atoms with Crippen molar-refractivity contribution in [3.05, 3.63) is 10.7 Å². The van der Waals surface area contributed by atoms with Crippen molar-refractivity contribution in [2.24, 2.45) is 0 Å². The van der Waals surface area contributed by atoms with E-state index in [0.717, 1.165) is 19.5 Å².